The average Bonchev–Trinajstić information content (AvgIpc) is 2.19. The predicted octanol–water partition coefficient (Wildman–Crippen LogP) is 2.85. The SMILES string of the molecule is C=O.CCC(C)CC(=O)C(C)CC. The van der Waals surface area contributed by atoms with Gasteiger partial charge >= 0.3 is 0 Å². The molecule has 2 nitrogen and oxygen atoms in total. The molecule has 0 aromatic heterocycles. The zero-order valence-electron chi connectivity index (χ0n) is 9.30. The Morgan fingerprint density at radius 2 is 1.62 bits per heavy atom. The molecule has 2 heteroatoms. The summed E-state index contributed by atoms with van der Waals surface area (Å²) in [4.78, 5) is 19.3. The van der Waals surface area contributed by atoms with Crippen molar-refractivity contribution in [3.8, 4) is 0 Å². The molecule has 0 saturated heterocycles. The first kappa shape index (κ1) is 14.8. The summed E-state index contributed by atoms with van der Waals surface area (Å²) in [6, 6.07) is 0. The third-order valence-corrected chi connectivity index (χ3v) is 2.41. The molecule has 0 aliphatic heterocycles. The molecule has 0 bridgehead atoms. The van der Waals surface area contributed by atoms with Crippen LogP contribution in [0.4, 0.5) is 0 Å². The lowest BCUT2D eigenvalue weighted by Crippen LogP contribution is -2.13. The lowest BCUT2D eigenvalue weighted by Gasteiger charge is -2.10. The van der Waals surface area contributed by atoms with Crippen LogP contribution in [0.1, 0.15) is 47.0 Å². The highest BCUT2D eigenvalue weighted by molar-refractivity contribution is 5.80. The maximum Gasteiger partial charge on any atom is 0.135 e. The van der Waals surface area contributed by atoms with Gasteiger partial charge in [-0.2, -0.15) is 0 Å². The fourth-order valence-corrected chi connectivity index (χ4v) is 0.917. The number of hydrogen-bond acceptors (Lipinski definition) is 2. The lowest BCUT2D eigenvalue weighted by molar-refractivity contribution is -0.123. The zero-order chi connectivity index (χ0) is 10.9. The van der Waals surface area contributed by atoms with Crippen LogP contribution in [0.5, 0.6) is 0 Å². The van der Waals surface area contributed by atoms with Gasteiger partial charge in [0.25, 0.3) is 0 Å². The van der Waals surface area contributed by atoms with Crippen LogP contribution in [-0.2, 0) is 9.59 Å². The molecule has 0 aliphatic rings. The summed E-state index contributed by atoms with van der Waals surface area (Å²) in [7, 11) is 0. The van der Waals surface area contributed by atoms with Crippen molar-refractivity contribution in [1.82, 2.24) is 0 Å². The van der Waals surface area contributed by atoms with Gasteiger partial charge in [-0.3, -0.25) is 4.79 Å². The molecule has 0 radical (unpaired) electrons. The van der Waals surface area contributed by atoms with Crippen molar-refractivity contribution < 1.29 is 9.59 Å². The van der Waals surface area contributed by atoms with E-state index in [9.17, 15) is 4.79 Å². The quantitative estimate of drug-likeness (QED) is 0.661. The summed E-state index contributed by atoms with van der Waals surface area (Å²) >= 11 is 0. The summed E-state index contributed by atoms with van der Waals surface area (Å²) in [5, 5.41) is 0. The van der Waals surface area contributed by atoms with Gasteiger partial charge in [-0.25, -0.2) is 0 Å². The maximum absolute atomic E-state index is 11.3. The normalized spacial score (nSPS) is 13.8. The second-order valence-corrected chi connectivity index (χ2v) is 3.49. The summed E-state index contributed by atoms with van der Waals surface area (Å²) in [5.41, 5.74) is 0. The van der Waals surface area contributed by atoms with Crippen LogP contribution in [0.25, 0.3) is 0 Å². The highest BCUT2D eigenvalue weighted by Crippen LogP contribution is 2.13. The maximum atomic E-state index is 11.3. The summed E-state index contributed by atoms with van der Waals surface area (Å²) in [6.45, 7) is 10.4. The molecular weight excluding hydrogens is 164 g/mol. The van der Waals surface area contributed by atoms with E-state index in [-0.39, 0.29) is 5.92 Å². The van der Waals surface area contributed by atoms with Crippen LogP contribution in [0.15, 0.2) is 0 Å². The van der Waals surface area contributed by atoms with E-state index in [2.05, 4.69) is 20.8 Å². The van der Waals surface area contributed by atoms with Gasteiger partial charge in [-0.15, -0.1) is 0 Å². The third kappa shape index (κ3) is 7.69. The monoisotopic (exact) mass is 186 g/mol. The largest absolute Gasteiger partial charge is 0.307 e. The highest BCUT2D eigenvalue weighted by atomic mass is 16.1. The van der Waals surface area contributed by atoms with Crippen molar-refractivity contribution in [3.05, 3.63) is 0 Å². The first-order valence-electron chi connectivity index (χ1n) is 4.93. The molecule has 0 N–H and O–H groups in total. The number of ketones is 1. The molecule has 0 fully saturated rings. The fraction of sp³-hybridized carbons (Fsp3) is 0.818. The van der Waals surface area contributed by atoms with E-state index in [0.29, 0.717) is 11.7 Å². The van der Waals surface area contributed by atoms with Gasteiger partial charge in [0.15, 0.2) is 0 Å². The van der Waals surface area contributed by atoms with E-state index in [1.54, 1.807) is 0 Å². The molecule has 0 aromatic carbocycles. The van der Waals surface area contributed by atoms with Crippen molar-refractivity contribution >= 4 is 12.6 Å². The Balaban J connectivity index is 0. The molecular formula is C11H22O2. The summed E-state index contributed by atoms with van der Waals surface area (Å²) in [6.07, 6.45) is 2.86. The van der Waals surface area contributed by atoms with Crippen molar-refractivity contribution in [1.29, 1.82) is 0 Å². The Kier molecular flexibility index (Phi) is 10.8. The van der Waals surface area contributed by atoms with Gasteiger partial charge in [0.2, 0.25) is 0 Å². The van der Waals surface area contributed by atoms with Crippen LogP contribution in [0, 0.1) is 11.8 Å². The fourth-order valence-electron chi connectivity index (χ4n) is 0.917. The number of hydrogen-bond donors (Lipinski definition) is 0. The Morgan fingerprint density at radius 1 is 1.15 bits per heavy atom. The van der Waals surface area contributed by atoms with Gasteiger partial charge in [-0.1, -0.05) is 34.1 Å². The van der Waals surface area contributed by atoms with Gasteiger partial charge in [0.05, 0.1) is 0 Å². The van der Waals surface area contributed by atoms with E-state index < -0.39 is 0 Å². The van der Waals surface area contributed by atoms with Crippen LogP contribution < -0.4 is 0 Å². The molecule has 2 atom stereocenters. The van der Waals surface area contributed by atoms with Gasteiger partial charge in [0, 0.05) is 12.3 Å². The third-order valence-electron chi connectivity index (χ3n) is 2.41. The Bertz CT molecular complexity index is 132. The second kappa shape index (κ2) is 9.43. The smallest absolute Gasteiger partial charge is 0.135 e. The van der Waals surface area contributed by atoms with Crippen LogP contribution in [0.3, 0.4) is 0 Å². The molecule has 0 saturated carbocycles. The van der Waals surface area contributed by atoms with Gasteiger partial charge < -0.3 is 4.79 Å². The van der Waals surface area contributed by atoms with Gasteiger partial charge in [0.1, 0.15) is 12.6 Å². The molecule has 0 amide bonds. The van der Waals surface area contributed by atoms with Crippen LogP contribution in [0.2, 0.25) is 0 Å². The molecule has 0 rings (SSSR count). The van der Waals surface area contributed by atoms with Crippen molar-refractivity contribution in [2.24, 2.45) is 11.8 Å². The Hall–Kier alpha value is -0.660. The summed E-state index contributed by atoms with van der Waals surface area (Å²) < 4.78 is 0. The molecule has 0 heterocycles. The minimum atomic E-state index is 0.268. The van der Waals surface area contributed by atoms with E-state index in [1.807, 2.05) is 13.7 Å². The topological polar surface area (TPSA) is 34.1 Å². The van der Waals surface area contributed by atoms with Crippen molar-refractivity contribution in [2.75, 3.05) is 0 Å². The molecule has 2 unspecified atom stereocenters. The number of carbonyl (C=O) groups is 2. The second-order valence-electron chi connectivity index (χ2n) is 3.49. The number of rotatable bonds is 5. The van der Waals surface area contributed by atoms with Crippen molar-refractivity contribution in [3.63, 3.8) is 0 Å². The predicted molar refractivity (Wildman–Crippen MR) is 55.7 cm³/mol. The first-order chi connectivity index (χ1) is 6.11. The van der Waals surface area contributed by atoms with Crippen LogP contribution in [-0.4, -0.2) is 12.6 Å². The summed E-state index contributed by atoms with van der Waals surface area (Å²) in [5.74, 6) is 1.27. The van der Waals surface area contributed by atoms with E-state index in [0.717, 1.165) is 19.3 Å². The molecule has 0 aromatic rings. The minimum Gasteiger partial charge on any atom is -0.307 e. The number of Topliss-reactive ketones (excluding diaryl/α,β-unsaturated/α-hetero) is 1. The molecule has 0 spiro atoms. The molecule has 78 valence electrons. The Morgan fingerprint density at radius 3 is 1.92 bits per heavy atom. The van der Waals surface area contributed by atoms with E-state index in [4.69, 9.17) is 4.79 Å². The van der Waals surface area contributed by atoms with Crippen LogP contribution >= 0.6 is 0 Å². The number of carbonyl (C=O) groups excluding carboxylic acids is 2. The first-order valence-corrected chi connectivity index (χ1v) is 4.93. The lowest BCUT2D eigenvalue weighted by atomic mass is 9.94. The van der Waals surface area contributed by atoms with Crippen molar-refractivity contribution in [2.45, 2.75) is 47.0 Å². The highest BCUT2D eigenvalue weighted by Gasteiger charge is 2.12. The Labute approximate surface area is 81.7 Å². The average molecular weight is 186 g/mol. The molecule has 0 aliphatic carbocycles. The molecule has 13 heavy (non-hydrogen) atoms. The van der Waals surface area contributed by atoms with E-state index in [1.165, 1.54) is 0 Å². The van der Waals surface area contributed by atoms with E-state index >= 15 is 0 Å². The standard InChI is InChI=1S/C10H20O.CH2O/c1-5-8(3)7-10(11)9(4)6-2;1-2/h8-9H,5-7H2,1-4H3;1H2. The minimum absolute atomic E-state index is 0.268. The van der Waals surface area contributed by atoms with Gasteiger partial charge in [-0.05, 0) is 12.3 Å². The zero-order valence-corrected chi connectivity index (χ0v) is 9.30.